The lowest BCUT2D eigenvalue weighted by atomic mass is 9.94. The maximum absolute atomic E-state index is 13.1. The van der Waals surface area contributed by atoms with Crippen LogP contribution in [0.4, 0.5) is 4.39 Å². The van der Waals surface area contributed by atoms with E-state index in [4.69, 9.17) is 10.2 Å². The van der Waals surface area contributed by atoms with Gasteiger partial charge in [0.1, 0.15) is 0 Å². The molecule has 0 fully saturated rings. The molecule has 0 heterocycles. The van der Waals surface area contributed by atoms with Crippen LogP contribution in [0.2, 0.25) is 0 Å². The summed E-state index contributed by atoms with van der Waals surface area (Å²) in [6, 6.07) is 3.90. The fourth-order valence-electron chi connectivity index (χ4n) is 1.75. The Balaban J connectivity index is 2.66. The second-order valence-electron chi connectivity index (χ2n) is 5.53. The lowest BCUT2D eigenvalue weighted by molar-refractivity contribution is -0.130. The van der Waals surface area contributed by atoms with Crippen molar-refractivity contribution in [1.82, 2.24) is 4.90 Å². The highest BCUT2D eigenvalue weighted by Gasteiger charge is 2.22. The van der Waals surface area contributed by atoms with Gasteiger partial charge in [-0.3, -0.25) is 4.79 Å². The molecular weight excluding hydrogens is 249 g/mol. The molecule has 5 heteroatoms. The molecule has 0 bridgehead atoms. The smallest absolute Gasteiger partial charge is 0.226 e. The van der Waals surface area contributed by atoms with Gasteiger partial charge in [-0.1, -0.05) is 19.9 Å². The maximum Gasteiger partial charge on any atom is 0.226 e. The summed E-state index contributed by atoms with van der Waals surface area (Å²) in [5.74, 6) is -1.32. The van der Waals surface area contributed by atoms with Crippen LogP contribution < -0.4 is 0 Å². The number of aromatic hydroxyl groups is 1. The number of rotatable bonds is 5. The summed E-state index contributed by atoms with van der Waals surface area (Å²) in [7, 11) is 1.65. The number of hydrogen-bond donors (Lipinski definition) is 2. The van der Waals surface area contributed by atoms with E-state index in [0.717, 1.165) is 6.07 Å². The number of hydrogen-bond acceptors (Lipinski definition) is 3. The van der Waals surface area contributed by atoms with Crippen LogP contribution in [0.3, 0.4) is 0 Å². The van der Waals surface area contributed by atoms with Crippen molar-refractivity contribution in [3.8, 4) is 5.75 Å². The molecular formula is C14H20FNO3. The molecule has 0 saturated heterocycles. The molecule has 0 unspecified atom stereocenters. The highest BCUT2D eigenvalue weighted by Crippen LogP contribution is 2.18. The summed E-state index contributed by atoms with van der Waals surface area (Å²) < 4.78 is 13.1. The minimum absolute atomic E-state index is 0.0154. The van der Waals surface area contributed by atoms with Gasteiger partial charge in [0.25, 0.3) is 0 Å². The van der Waals surface area contributed by atoms with Crippen molar-refractivity contribution in [1.29, 1.82) is 0 Å². The fraction of sp³-hybridized carbons (Fsp3) is 0.500. The van der Waals surface area contributed by atoms with E-state index in [9.17, 15) is 9.18 Å². The van der Waals surface area contributed by atoms with Crippen LogP contribution >= 0.6 is 0 Å². The van der Waals surface area contributed by atoms with E-state index in [1.807, 2.05) is 13.8 Å². The number of halogens is 1. The zero-order valence-corrected chi connectivity index (χ0v) is 11.5. The van der Waals surface area contributed by atoms with Gasteiger partial charge >= 0.3 is 0 Å². The number of carbonyl (C=O) groups is 1. The first-order valence-corrected chi connectivity index (χ1v) is 6.07. The van der Waals surface area contributed by atoms with Crippen LogP contribution in [0.25, 0.3) is 0 Å². The molecule has 0 aliphatic rings. The topological polar surface area (TPSA) is 60.8 Å². The number of aliphatic hydroxyl groups is 1. The average Bonchev–Trinajstić information content (AvgIpc) is 2.33. The standard InChI is InChI=1S/C14H20FNO3/c1-14(2,9-17)8-16(3)13(19)7-10-4-5-12(18)11(15)6-10/h4-6,17-18H,7-9H2,1-3H3. The SMILES string of the molecule is CN(CC(C)(C)CO)C(=O)Cc1ccc(O)c(F)c1. The van der Waals surface area contributed by atoms with Gasteiger partial charge in [-0.15, -0.1) is 0 Å². The third kappa shape index (κ3) is 4.52. The molecule has 1 amide bonds. The van der Waals surface area contributed by atoms with Gasteiger partial charge in [-0.25, -0.2) is 4.39 Å². The normalized spacial score (nSPS) is 11.4. The summed E-state index contributed by atoms with van der Waals surface area (Å²) in [5.41, 5.74) is 0.138. The second kappa shape index (κ2) is 6.02. The minimum Gasteiger partial charge on any atom is -0.505 e. The van der Waals surface area contributed by atoms with Crippen molar-refractivity contribution in [3.05, 3.63) is 29.6 Å². The van der Waals surface area contributed by atoms with Crippen molar-refractivity contribution >= 4 is 5.91 Å². The number of carbonyl (C=O) groups excluding carboxylic acids is 1. The van der Waals surface area contributed by atoms with E-state index in [1.54, 1.807) is 7.05 Å². The lowest BCUT2D eigenvalue weighted by Gasteiger charge is -2.28. The van der Waals surface area contributed by atoms with E-state index >= 15 is 0 Å². The maximum atomic E-state index is 13.1. The quantitative estimate of drug-likeness (QED) is 0.852. The van der Waals surface area contributed by atoms with Gasteiger partial charge in [-0.05, 0) is 17.7 Å². The predicted octanol–water partition coefficient (Wildman–Crippen LogP) is 1.55. The van der Waals surface area contributed by atoms with E-state index in [2.05, 4.69) is 0 Å². The molecule has 1 aromatic carbocycles. The number of aliphatic hydroxyl groups excluding tert-OH is 1. The molecule has 106 valence electrons. The van der Waals surface area contributed by atoms with Gasteiger partial charge in [0, 0.05) is 25.6 Å². The molecule has 1 aromatic rings. The van der Waals surface area contributed by atoms with Crippen molar-refractivity contribution in [3.63, 3.8) is 0 Å². The van der Waals surface area contributed by atoms with E-state index in [1.165, 1.54) is 17.0 Å². The zero-order valence-electron chi connectivity index (χ0n) is 11.5. The molecule has 0 aliphatic heterocycles. The predicted molar refractivity (Wildman–Crippen MR) is 70.3 cm³/mol. The van der Waals surface area contributed by atoms with Gasteiger partial charge in [0.2, 0.25) is 5.91 Å². The Kier molecular flexibility index (Phi) is 4.89. The summed E-state index contributed by atoms with van der Waals surface area (Å²) in [4.78, 5) is 13.5. The van der Waals surface area contributed by atoms with Crippen LogP contribution in [0, 0.1) is 11.2 Å². The Hall–Kier alpha value is -1.62. The van der Waals surface area contributed by atoms with Crippen molar-refractivity contribution in [2.75, 3.05) is 20.2 Å². The highest BCUT2D eigenvalue weighted by atomic mass is 19.1. The molecule has 0 saturated carbocycles. The third-order valence-corrected chi connectivity index (χ3v) is 2.89. The van der Waals surface area contributed by atoms with Gasteiger partial charge in [0.15, 0.2) is 11.6 Å². The van der Waals surface area contributed by atoms with E-state index in [-0.39, 0.29) is 24.3 Å². The molecule has 0 aliphatic carbocycles. The molecule has 19 heavy (non-hydrogen) atoms. The van der Waals surface area contributed by atoms with E-state index in [0.29, 0.717) is 12.1 Å². The monoisotopic (exact) mass is 269 g/mol. The number of nitrogens with zero attached hydrogens (tertiary/aromatic N) is 1. The van der Waals surface area contributed by atoms with Crippen LogP contribution in [-0.4, -0.2) is 41.2 Å². The summed E-state index contributed by atoms with van der Waals surface area (Å²) in [6.45, 7) is 4.12. The molecule has 0 atom stereocenters. The van der Waals surface area contributed by atoms with Crippen molar-refractivity contribution in [2.45, 2.75) is 20.3 Å². The van der Waals surface area contributed by atoms with Crippen LogP contribution in [0.1, 0.15) is 19.4 Å². The largest absolute Gasteiger partial charge is 0.505 e. The van der Waals surface area contributed by atoms with Gasteiger partial charge in [-0.2, -0.15) is 0 Å². The number of benzene rings is 1. The molecule has 0 spiro atoms. The Morgan fingerprint density at radius 1 is 1.42 bits per heavy atom. The molecule has 4 nitrogen and oxygen atoms in total. The molecule has 1 rings (SSSR count). The van der Waals surface area contributed by atoms with Crippen LogP contribution in [-0.2, 0) is 11.2 Å². The summed E-state index contributed by atoms with van der Waals surface area (Å²) >= 11 is 0. The van der Waals surface area contributed by atoms with Crippen LogP contribution in [0.5, 0.6) is 5.75 Å². The third-order valence-electron chi connectivity index (χ3n) is 2.89. The highest BCUT2D eigenvalue weighted by molar-refractivity contribution is 5.78. The Bertz CT molecular complexity index is 460. The fourth-order valence-corrected chi connectivity index (χ4v) is 1.75. The number of phenols is 1. The first-order chi connectivity index (χ1) is 8.75. The minimum atomic E-state index is -0.733. The molecule has 0 radical (unpaired) electrons. The Morgan fingerprint density at radius 3 is 2.58 bits per heavy atom. The lowest BCUT2D eigenvalue weighted by Crippen LogP contribution is -2.38. The summed E-state index contributed by atoms with van der Waals surface area (Å²) in [5, 5.41) is 18.2. The Morgan fingerprint density at radius 2 is 2.05 bits per heavy atom. The van der Waals surface area contributed by atoms with Crippen molar-refractivity contribution < 1.29 is 19.4 Å². The molecule has 2 N–H and O–H groups in total. The second-order valence-corrected chi connectivity index (χ2v) is 5.53. The first kappa shape index (κ1) is 15.4. The average molecular weight is 269 g/mol. The van der Waals surface area contributed by atoms with Crippen LogP contribution in [0.15, 0.2) is 18.2 Å². The number of amides is 1. The molecule has 0 aromatic heterocycles. The zero-order chi connectivity index (χ0) is 14.6. The number of likely N-dealkylation sites (N-methyl/N-ethyl adjacent to an activating group) is 1. The Labute approximate surface area is 112 Å². The number of phenolic OH excluding ortho intramolecular Hbond substituents is 1. The van der Waals surface area contributed by atoms with Gasteiger partial charge < -0.3 is 15.1 Å². The van der Waals surface area contributed by atoms with E-state index < -0.39 is 11.6 Å². The van der Waals surface area contributed by atoms with Crippen molar-refractivity contribution in [2.24, 2.45) is 5.41 Å². The summed E-state index contributed by atoms with van der Waals surface area (Å²) in [6.07, 6.45) is 0.0647. The van der Waals surface area contributed by atoms with Gasteiger partial charge in [0.05, 0.1) is 6.42 Å². The first-order valence-electron chi connectivity index (χ1n) is 6.07.